The highest BCUT2D eigenvalue weighted by Crippen LogP contribution is 2.41. The molecule has 1 saturated heterocycles. The van der Waals surface area contributed by atoms with Crippen LogP contribution in [-0.2, 0) is 14.0 Å². The normalized spacial score (nSPS) is 31.9. The Morgan fingerprint density at radius 3 is 2.35 bits per heavy atom. The molecule has 4 heteroatoms. The fourth-order valence-corrected chi connectivity index (χ4v) is 3.77. The van der Waals surface area contributed by atoms with E-state index < -0.39 is 8.32 Å². The van der Waals surface area contributed by atoms with Crippen molar-refractivity contribution in [3.63, 3.8) is 0 Å². The zero-order valence-corrected chi connectivity index (χ0v) is 15.0. The van der Waals surface area contributed by atoms with Gasteiger partial charge >= 0.3 is 5.97 Å². The zero-order chi connectivity index (χ0) is 15.7. The predicted molar refractivity (Wildman–Crippen MR) is 85.1 cm³/mol. The molecule has 1 heterocycles. The van der Waals surface area contributed by atoms with Crippen LogP contribution in [0, 0.1) is 11.8 Å². The minimum Gasteiger partial charge on any atom is -0.461 e. The highest BCUT2D eigenvalue weighted by molar-refractivity contribution is 6.74. The smallest absolute Gasteiger partial charge is 0.311 e. The Balaban J connectivity index is 2.95. The quantitative estimate of drug-likeness (QED) is 0.444. The molecule has 0 radical (unpaired) electrons. The van der Waals surface area contributed by atoms with Crippen LogP contribution < -0.4 is 0 Å². The molecule has 0 aromatic heterocycles. The molecule has 0 aromatic rings. The lowest BCUT2D eigenvalue weighted by Gasteiger charge is -2.46. The third kappa shape index (κ3) is 3.53. The van der Waals surface area contributed by atoms with Gasteiger partial charge in [0.1, 0.15) is 6.10 Å². The van der Waals surface area contributed by atoms with Gasteiger partial charge in [-0.2, -0.15) is 0 Å². The standard InChI is InChI=1S/C16H30O3Si/c1-9-10-13-11(2)14(12(3)15(17)18-13)19-20(7,8)16(4,5)6/h9,11-14H,1,10H2,2-8H3/t11-,12-,13+,14-/m0/s1. The van der Waals surface area contributed by atoms with Gasteiger partial charge in [0.15, 0.2) is 8.32 Å². The van der Waals surface area contributed by atoms with Crippen molar-refractivity contribution in [1.82, 2.24) is 0 Å². The molecule has 4 atom stereocenters. The number of ether oxygens (including phenoxy) is 1. The summed E-state index contributed by atoms with van der Waals surface area (Å²) in [5, 5.41) is 0.141. The Morgan fingerprint density at radius 1 is 1.35 bits per heavy atom. The molecule has 0 bridgehead atoms. The van der Waals surface area contributed by atoms with Crippen molar-refractivity contribution in [3.8, 4) is 0 Å². The van der Waals surface area contributed by atoms with Crippen LogP contribution in [-0.4, -0.2) is 26.5 Å². The van der Waals surface area contributed by atoms with Crippen molar-refractivity contribution in [2.45, 2.75) is 71.4 Å². The van der Waals surface area contributed by atoms with Crippen molar-refractivity contribution in [2.24, 2.45) is 11.8 Å². The molecule has 1 rings (SSSR count). The fraction of sp³-hybridized carbons (Fsp3) is 0.812. The molecule has 0 aliphatic carbocycles. The Morgan fingerprint density at radius 2 is 1.90 bits per heavy atom. The second kappa shape index (κ2) is 6.02. The van der Waals surface area contributed by atoms with E-state index in [1.807, 2.05) is 13.0 Å². The summed E-state index contributed by atoms with van der Waals surface area (Å²) < 4.78 is 12.0. The largest absolute Gasteiger partial charge is 0.461 e. The minimum atomic E-state index is -1.89. The second-order valence-corrected chi connectivity index (χ2v) is 12.2. The van der Waals surface area contributed by atoms with E-state index in [9.17, 15) is 4.79 Å². The SMILES string of the molecule is C=CC[C@H]1OC(=O)[C@@H](C)[C@@H](O[Si](C)(C)C(C)(C)C)[C@H]1C. The molecule has 1 fully saturated rings. The fourth-order valence-electron chi connectivity index (χ4n) is 2.32. The summed E-state index contributed by atoms with van der Waals surface area (Å²) in [5.41, 5.74) is 0. The highest BCUT2D eigenvalue weighted by Gasteiger charge is 2.47. The van der Waals surface area contributed by atoms with Crippen LogP contribution in [0.15, 0.2) is 12.7 Å². The van der Waals surface area contributed by atoms with Crippen LogP contribution in [0.4, 0.5) is 0 Å². The van der Waals surface area contributed by atoms with Crippen molar-refractivity contribution in [3.05, 3.63) is 12.7 Å². The number of carbonyl (C=O) groups excluding carboxylic acids is 1. The maximum absolute atomic E-state index is 12.0. The first kappa shape index (κ1) is 17.4. The maximum atomic E-state index is 12.0. The molecule has 1 aliphatic heterocycles. The molecule has 0 N–H and O–H groups in total. The molecule has 3 nitrogen and oxygen atoms in total. The van der Waals surface area contributed by atoms with Crippen LogP contribution in [0.2, 0.25) is 18.1 Å². The van der Waals surface area contributed by atoms with Gasteiger partial charge in [-0.25, -0.2) is 0 Å². The monoisotopic (exact) mass is 298 g/mol. The average Bonchev–Trinajstić information content (AvgIpc) is 2.30. The van der Waals surface area contributed by atoms with Gasteiger partial charge in [0, 0.05) is 12.3 Å². The van der Waals surface area contributed by atoms with E-state index in [1.54, 1.807) is 0 Å². The summed E-state index contributed by atoms with van der Waals surface area (Å²) in [4.78, 5) is 12.0. The number of hydrogen-bond acceptors (Lipinski definition) is 3. The van der Waals surface area contributed by atoms with Crippen molar-refractivity contribution < 1.29 is 14.0 Å². The van der Waals surface area contributed by atoms with Crippen LogP contribution >= 0.6 is 0 Å². The first-order chi connectivity index (χ1) is 9.01. The van der Waals surface area contributed by atoms with Gasteiger partial charge in [0.05, 0.1) is 12.0 Å². The Bertz CT molecular complexity index is 370. The van der Waals surface area contributed by atoms with Crippen molar-refractivity contribution in [2.75, 3.05) is 0 Å². The number of hydrogen-bond donors (Lipinski definition) is 0. The maximum Gasteiger partial charge on any atom is 0.311 e. The van der Waals surface area contributed by atoms with Gasteiger partial charge in [-0.1, -0.05) is 33.8 Å². The molecule has 0 unspecified atom stereocenters. The van der Waals surface area contributed by atoms with E-state index >= 15 is 0 Å². The molecule has 0 aromatic carbocycles. The van der Waals surface area contributed by atoms with E-state index in [0.717, 1.165) is 0 Å². The van der Waals surface area contributed by atoms with Gasteiger partial charge in [-0.05, 0) is 25.1 Å². The number of cyclic esters (lactones) is 1. The lowest BCUT2D eigenvalue weighted by molar-refractivity contribution is -0.175. The van der Waals surface area contributed by atoms with Crippen molar-refractivity contribution in [1.29, 1.82) is 0 Å². The Labute approximate surface area is 124 Å². The average molecular weight is 298 g/mol. The summed E-state index contributed by atoms with van der Waals surface area (Å²) in [6, 6.07) is 0. The minimum absolute atomic E-state index is 0.0536. The first-order valence-electron chi connectivity index (χ1n) is 7.50. The van der Waals surface area contributed by atoms with E-state index in [1.165, 1.54) is 0 Å². The summed E-state index contributed by atoms with van der Waals surface area (Å²) in [5.74, 6) is -0.131. The zero-order valence-electron chi connectivity index (χ0n) is 14.0. The van der Waals surface area contributed by atoms with Crippen LogP contribution in [0.1, 0.15) is 41.0 Å². The Kier molecular flexibility index (Phi) is 5.25. The lowest BCUT2D eigenvalue weighted by atomic mass is 9.85. The van der Waals surface area contributed by atoms with Crippen LogP contribution in [0.3, 0.4) is 0 Å². The van der Waals surface area contributed by atoms with E-state index in [0.29, 0.717) is 6.42 Å². The summed E-state index contributed by atoms with van der Waals surface area (Å²) in [7, 11) is -1.89. The van der Waals surface area contributed by atoms with Gasteiger partial charge < -0.3 is 9.16 Å². The molecular formula is C16H30O3Si. The summed E-state index contributed by atoms with van der Waals surface area (Å²) in [6.07, 6.45) is 2.35. The molecule has 116 valence electrons. The summed E-state index contributed by atoms with van der Waals surface area (Å²) in [6.45, 7) is 18.9. The molecule has 0 saturated carbocycles. The number of esters is 1. The lowest BCUT2D eigenvalue weighted by Crippen LogP contribution is -2.54. The topological polar surface area (TPSA) is 35.5 Å². The Hall–Kier alpha value is -0.613. The molecule has 20 heavy (non-hydrogen) atoms. The highest BCUT2D eigenvalue weighted by atomic mass is 28.4. The third-order valence-corrected chi connectivity index (χ3v) is 9.35. The summed E-state index contributed by atoms with van der Waals surface area (Å²) >= 11 is 0. The first-order valence-corrected chi connectivity index (χ1v) is 10.4. The number of rotatable bonds is 4. The molecular weight excluding hydrogens is 268 g/mol. The third-order valence-electron chi connectivity index (χ3n) is 4.87. The molecule has 1 aliphatic rings. The van der Waals surface area contributed by atoms with Crippen LogP contribution in [0.5, 0.6) is 0 Å². The van der Waals surface area contributed by atoms with E-state index in [2.05, 4.69) is 47.4 Å². The van der Waals surface area contributed by atoms with E-state index in [-0.39, 0.29) is 35.1 Å². The van der Waals surface area contributed by atoms with Gasteiger partial charge in [0.25, 0.3) is 0 Å². The van der Waals surface area contributed by atoms with Gasteiger partial charge in [-0.3, -0.25) is 4.79 Å². The van der Waals surface area contributed by atoms with Gasteiger partial charge in [0.2, 0.25) is 0 Å². The second-order valence-electron chi connectivity index (χ2n) is 7.49. The van der Waals surface area contributed by atoms with E-state index in [4.69, 9.17) is 9.16 Å². The van der Waals surface area contributed by atoms with Crippen molar-refractivity contribution >= 4 is 14.3 Å². The molecule has 0 amide bonds. The molecule has 0 spiro atoms. The van der Waals surface area contributed by atoms with Gasteiger partial charge in [-0.15, -0.1) is 6.58 Å². The number of carbonyl (C=O) groups is 1. The van der Waals surface area contributed by atoms with Crippen LogP contribution in [0.25, 0.3) is 0 Å². The predicted octanol–water partition coefficient (Wildman–Crippen LogP) is 4.15.